The highest BCUT2D eigenvalue weighted by atomic mass is 16.2. The molecule has 1 atom stereocenters. The molecule has 1 saturated heterocycles. The van der Waals surface area contributed by atoms with Crippen molar-refractivity contribution in [2.45, 2.75) is 45.7 Å². The van der Waals surface area contributed by atoms with E-state index in [0.717, 1.165) is 24.2 Å². The van der Waals surface area contributed by atoms with Crippen LogP contribution in [0.1, 0.15) is 38.1 Å². The molecule has 1 unspecified atom stereocenters. The van der Waals surface area contributed by atoms with Gasteiger partial charge < -0.3 is 10.2 Å². The van der Waals surface area contributed by atoms with Gasteiger partial charge in [0, 0.05) is 7.05 Å². The number of hydrogen-bond donors (Lipinski definition) is 1. The molecule has 6 heteroatoms. The van der Waals surface area contributed by atoms with Gasteiger partial charge >= 0.3 is 0 Å². The summed E-state index contributed by atoms with van der Waals surface area (Å²) in [6.07, 6.45) is 2.42. The number of carbonyl (C=O) groups excluding carboxylic acids is 2. The van der Waals surface area contributed by atoms with Gasteiger partial charge in [0.05, 0.1) is 17.9 Å². The zero-order chi connectivity index (χ0) is 14.7. The van der Waals surface area contributed by atoms with Crippen LogP contribution in [0, 0.1) is 0 Å². The van der Waals surface area contributed by atoms with Crippen LogP contribution in [0.3, 0.4) is 0 Å². The van der Waals surface area contributed by atoms with Gasteiger partial charge in [0.15, 0.2) is 0 Å². The van der Waals surface area contributed by atoms with E-state index in [4.69, 9.17) is 0 Å². The molecule has 0 radical (unpaired) electrons. The van der Waals surface area contributed by atoms with E-state index in [-0.39, 0.29) is 24.4 Å². The summed E-state index contributed by atoms with van der Waals surface area (Å²) in [6, 6.07) is 1.62. The summed E-state index contributed by atoms with van der Waals surface area (Å²) in [5, 5.41) is 7.13. The minimum absolute atomic E-state index is 0.00528. The average Bonchev–Trinajstić information content (AvgIpc) is 2.76. The average molecular weight is 278 g/mol. The summed E-state index contributed by atoms with van der Waals surface area (Å²) < 4.78 is 1.79. The third-order valence-electron chi connectivity index (χ3n) is 3.60. The van der Waals surface area contributed by atoms with Crippen molar-refractivity contribution in [2.24, 2.45) is 7.05 Å². The van der Waals surface area contributed by atoms with Crippen molar-refractivity contribution in [3.05, 3.63) is 17.5 Å². The number of carbonyl (C=O) groups is 2. The third kappa shape index (κ3) is 3.00. The normalized spacial score (nSPS) is 19.4. The molecule has 0 aromatic carbocycles. The highest BCUT2D eigenvalue weighted by Gasteiger charge is 2.32. The smallest absolute Gasteiger partial charge is 0.245 e. The van der Waals surface area contributed by atoms with E-state index in [0.29, 0.717) is 13.0 Å². The van der Waals surface area contributed by atoms with E-state index >= 15 is 0 Å². The van der Waals surface area contributed by atoms with E-state index in [1.165, 1.54) is 0 Å². The largest absolute Gasteiger partial charge is 0.343 e. The Bertz CT molecular complexity index is 509. The Balaban J connectivity index is 2.12. The van der Waals surface area contributed by atoms with Crippen LogP contribution >= 0.6 is 0 Å². The lowest BCUT2D eigenvalue weighted by Gasteiger charge is -2.32. The molecule has 0 saturated carbocycles. The number of hydrogen-bond acceptors (Lipinski definition) is 3. The van der Waals surface area contributed by atoms with Crippen molar-refractivity contribution in [3.63, 3.8) is 0 Å². The molecule has 0 aliphatic carbocycles. The fraction of sp³-hybridized carbons (Fsp3) is 0.643. The predicted octanol–water partition coefficient (Wildman–Crippen LogP) is 0.610. The van der Waals surface area contributed by atoms with E-state index in [9.17, 15) is 9.59 Å². The van der Waals surface area contributed by atoms with Gasteiger partial charge in [-0.2, -0.15) is 5.10 Å². The first-order chi connectivity index (χ1) is 9.55. The zero-order valence-electron chi connectivity index (χ0n) is 12.3. The standard InChI is InChI=1S/C14H22N4O2/c1-4-6-12-14(20)18(9-13(19)15-12)8-11-7-10(5-2)16-17(11)3/h7,12H,4-6,8-9H2,1-3H3,(H,15,19). The maximum atomic E-state index is 12.3. The van der Waals surface area contributed by atoms with Crippen molar-refractivity contribution in [2.75, 3.05) is 6.54 Å². The van der Waals surface area contributed by atoms with Crippen molar-refractivity contribution < 1.29 is 9.59 Å². The summed E-state index contributed by atoms with van der Waals surface area (Å²) in [7, 11) is 1.87. The fourth-order valence-corrected chi connectivity index (χ4v) is 2.48. The quantitative estimate of drug-likeness (QED) is 0.858. The minimum Gasteiger partial charge on any atom is -0.343 e. The van der Waals surface area contributed by atoms with Gasteiger partial charge in [0.1, 0.15) is 12.6 Å². The summed E-state index contributed by atoms with van der Waals surface area (Å²) in [5.41, 5.74) is 1.96. The Hall–Kier alpha value is -1.85. The first-order valence-corrected chi connectivity index (χ1v) is 7.15. The molecule has 1 fully saturated rings. The highest BCUT2D eigenvalue weighted by molar-refractivity contribution is 5.94. The number of rotatable bonds is 5. The number of piperazine rings is 1. The van der Waals surface area contributed by atoms with Crippen LogP contribution in [-0.4, -0.2) is 39.1 Å². The maximum Gasteiger partial charge on any atom is 0.245 e. The van der Waals surface area contributed by atoms with Gasteiger partial charge in [-0.1, -0.05) is 20.3 Å². The van der Waals surface area contributed by atoms with Crippen LogP contribution in [0.15, 0.2) is 6.07 Å². The van der Waals surface area contributed by atoms with Crippen LogP contribution in [0.5, 0.6) is 0 Å². The van der Waals surface area contributed by atoms with Gasteiger partial charge in [-0.15, -0.1) is 0 Å². The van der Waals surface area contributed by atoms with E-state index in [1.807, 2.05) is 27.0 Å². The van der Waals surface area contributed by atoms with Gasteiger partial charge in [-0.05, 0) is 18.9 Å². The molecule has 1 aliphatic rings. The maximum absolute atomic E-state index is 12.3. The molecule has 2 amide bonds. The highest BCUT2D eigenvalue weighted by Crippen LogP contribution is 2.13. The second-order valence-corrected chi connectivity index (χ2v) is 5.21. The summed E-state index contributed by atoms with van der Waals surface area (Å²) in [6.45, 7) is 4.62. The molecular weight excluding hydrogens is 256 g/mol. The SMILES string of the molecule is CCCC1NC(=O)CN(Cc2cc(CC)nn2C)C1=O. The predicted molar refractivity (Wildman–Crippen MR) is 74.8 cm³/mol. The molecule has 1 aromatic heterocycles. The lowest BCUT2D eigenvalue weighted by molar-refractivity contribution is -0.145. The van der Waals surface area contributed by atoms with Crippen molar-refractivity contribution in [1.82, 2.24) is 20.0 Å². The molecule has 1 aromatic rings. The van der Waals surface area contributed by atoms with Crippen molar-refractivity contribution in [3.8, 4) is 0 Å². The van der Waals surface area contributed by atoms with Gasteiger partial charge in [-0.3, -0.25) is 14.3 Å². The lowest BCUT2D eigenvalue weighted by Crippen LogP contribution is -2.57. The topological polar surface area (TPSA) is 67.2 Å². The van der Waals surface area contributed by atoms with Gasteiger partial charge in [0.25, 0.3) is 0 Å². The number of nitrogens with zero attached hydrogens (tertiary/aromatic N) is 3. The lowest BCUT2D eigenvalue weighted by atomic mass is 10.1. The monoisotopic (exact) mass is 278 g/mol. The zero-order valence-corrected chi connectivity index (χ0v) is 12.3. The number of aryl methyl sites for hydroxylation is 2. The molecule has 6 nitrogen and oxygen atoms in total. The Labute approximate surface area is 119 Å². The molecule has 110 valence electrons. The molecule has 1 aliphatic heterocycles. The van der Waals surface area contributed by atoms with Crippen LogP contribution in [0.4, 0.5) is 0 Å². The van der Waals surface area contributed by atoms with Crippen molar-refractivity contribution in [1.29, 1.82) is 0 Å². The van der Waals surface area contributed by atoms with E-state index in [2.05, 4.69) is 10.4 Å². The Morgan fingerprint density at radius 1 is 1.40 bits per heavy atom. The molecule has 0 spiro atoms. The Morgan fingerprint density at radius 3 is 2.75 bits per heavy atom. The van der Waals surface area contributed by atoms with Crippen LogP contribution in [0.25, 0.3) is 0 Å². The van der Waals surface area contributed by atoms with Crippen LogP contribution < -0.4 is 5.32 Å². The summed E-state index contributed by atoms with van der Waals surface area (Å²) in [4.78, 5) is 25.7. The Morgan fingerprint density at radius 2 is 2.15 bits per heavy atom. The third-order valence-corrected chi connectivity index (χ3v) is 3.60. The first-order valence-electron chi connectivity index (χ1n) is 7.15. The molecule has 2 heterocycles. The first kappa shape index (κ1) is 14.6. The minimum atomic E-state index is -0.375. The van der Waals surface area contributed by atoms with Crippen LogP contribution in [-0.2, 0) is 29.6 Å². The Kier molecular flexibility index (Phi) is 4.42. The van der Waals surface area contributed by atoms with E-state index < -0.39 is 0 Å². The summed E-state index contributed by atoms with van der Waals surface area (Å²) >= 11 is 0. The van der Waals surface area contributed by atoms with Crippen LogP contribution in [0.2, 0.25) is 0 Å². The fourth-order valence-electron chi connectivity index (χ4n) is 2.48. The molecule has 20 heavy (non-hydrogen) atoms. The molecule has 2 rings (SSSR count). The van der Waals surface area contributed by atoms with Gasteiger partial charge in [0.2, 0.25) is 11.8 Å². The number of amides is 2. The second kappa shape index (κ2) is 6.07. The summed E-state index contributed by atoms with van der Waals surface area (Å²) in [5.74, 6) is -0.0772. The number of aromatic nitrogens is 2. The van der Waals surface area contributed by atoms with Crippen molar-refractivity contribution >= 4 is 11.8 Å². The number of nitrogens with one attached hydrogen (secondary N) is 1. The molecule has 1 N–H and O–H groups in total. The van der Waals surface area contributed by atoms with E-state index in [1.54, 1.807) is 9.58 Å². The second-order valence-electron chi connectivity index (χ2n) is 5.21. The molecular formula is C14H22N4O2. The molecule has 0 bridgehead atoms. The van der Waals surface area contributed by atoms with Gasteiger partial charge in [-0.25, -0.2) is 0 Å².